The van der Waals surface area contributed by atoms with E-state index < -0.39 is 6.23 Å². The number of nitrogens with one attached hydrogen (secondary N) is 3. The predicted octanol–water partition coefficient (Wildman–Crippen LogP) is 4.08. The van der Waals surface area contributed by atoms with Gasteiger partial charge in [0.15, 0.2) is 0 Å². The van der Waals surface area contributed by atoms with Gasteiger partial charge in [0, 0.05) is 35.3 Å². The summed E-state index contributed by atoms with van der Waals surface area (Å²) >= 11 is 0. The van der Waals surface area contributed by atoms with Gasteiger partial charge in [-0.2, -0.15) is 5.10 Å². The quantitative estimate of drug-likeness (QED) is 0.341. The Bertz CT molecular complexity index is 973. The van der Waals surface area contributed by atoms with Gasteiger partial charge in [0.1, 0.15) is 11.9 Å². The first-order chi connectivity index (χ1) is 14.0. The molecule has 0 radical (unpaired) electrons. The highest BCUT2D eigenvalue weighted by Gasteiger charge is 2.29. The summed E-state index contributed by atoms with van der Waals surface area (Å²) in [4.78, 5) is 3.50. The zero-order valence-electron chi connectivity index (χ0n) is 17.6. The molecule has 29 heavy (non-hydrogen) atoms. The Morgan fingerprint density at radius 3 is 2.97 bits per heavy atom. The number of hydrogen-bond donors (Lipinski definition) is 4. The van der Waals surface area contributed by atoms with Crippen molar-refractivity contribution in [3.8, 4) is 11.4 Å². The predicted molar refractivity (Wildman–Crippen MR) is 116 cm³/mol. The fraction of sp³-hybridized carbons (Fsp3) is 0.522. The molecule has 0 aliphatic heterocycles. The molecule has 1 aromatic carbocycles. The van der Waals surface area contributed by atoms with Crippen LogP contribution in [0.1, 0.15) is 56.7 Å². The molecule has 3 aromatic rings. The number of aliphatic hydroxyl groups excluding tert-OH is 1. The number of aromatic amines is 2. The monoisotopic (exact) mass is 396 g/mol. The molecule has 0 saturated carbocycles. The molecule has 2 aromatic heterocycles. The summed E-state index contributed by atoms with van der Waals surface area (Å²) in [6, 6.07) is 8.14. The number of benzene rings is 1. The molecule has 4 N–H and O–H groups in total. The summed E-state index contributed by atoms with van der Waals surface area (Å²) in [6.45, 7) is 8.69. The second-order valence-electron chi connectivity index (χ2n) is 8.87. The minimum atomic E-state index is -0.705. The molecule has 6 nitrogen and oxygen atoms in total. The molecule has 0 spiro atoms. The number of aliphatic hydroxyl groups is 1. The van der Waals surface area contributed by atoms with E-state index in [2.05, 4.69) is 47.3 Å². The highest BCUT2D eigenvalue weighted by molar-refractivity contribution is 5.86. The Morgan fingerprint density at radius 1 is 1.28 bits per heavy atom. The van der Waals surface area contributed by atoms with E-state index in [1.807, 2.05) is 18.2 Å². The van der Waals surface area contributed by atoms with Gasteiger partial charge in [-0.15, -0.1) is 0 Å². The largest absolute Gasteiger partial charge is 0.380 e. The Balaban J connectivity index is 1.50. The normalized spacial score (nSPS) is 16.8. The molecule has 2 heterocycles. The SMILES string of the molecule is CCCOCCNC(O)c1ccc2[nH]c(-c3n[nH]c4c3CCC(C)(C)C4)cc2c1. The summed E-state index contributed by atoms with van der Waals surface area (Å²) in [5.74, 6) is 0. The lowest BCUT2D eigenvalue weighted by Gasteiger charge is -2.28. The van der Waals surface area contributed by atoms with E-state index in [4.69, 9.17) is 4.74 Å². The Kier molecular flexibility index (Phi) is 5.76. The van der Waals surface area contributed by atoms with Crippen LogP contribution in [0.3, 0.4) is 0 Å². The molecule has 0 bridgehead atoms. The van der Waals surface area contributed by atoms with Crippen molar-refractivity contribution in [3.63, 3.8) is 0 Å². The van der Waals surface area contributed by atoms with E-state index in [1.165, 1.54) is 17.7 Å². The summed E-state index contributed by atoms with van der Waals surface area (Å²) in [5.41, 5.74) is 6.89. The van der Waals surface area contributed by atoms with Crippen molar-refractivity contribution < 1.29 is 9.84 Å². The molecule has 0 fully saturated rings. The van der Waals surface area contributed by atoms with Gasteiger partial charge in [0.05, 0.1) is 12.3 Å². The van der Waals surface area contributed by atoms with Gasteiger partial charge in [0.25, 0.3) is 0 Å². The number of nitrogens with zero attached hydrogens (tertiary/aromatic N) is 1. The van der Waals surface area contributed by atoms with Gasteiger partial charge in [-0.25, -0.2) is 0 Å². The Hall–Kier alpha value is -2.15. The standard InChI is InChI=1S/C23H32N4O2/c1-4-10-29-11-9-24-22(28)15-5-6-18-16(12-15)13-19(25-18)21-17-7-8-23(2,3)14-20(17)26-27-21/h5-6,12-13,22,24-25,28H,4,7-11,14H2,1-3H3,(H,26,27). The molecule has 0 amide bonds. The van der Waals surface area contributed by atoms with E-state index in [9.17, 15) is 5.11 Å². The third-order valence-corrected chi connectivity index (χ3v) is 5.81. The third-order valence-electron chi connectivity index (χ3n) is 5.81. The highest BCUT2D eigenvalue weighted by atomic mass is 16.5. The summed E-state index contributed by atoms with van der Waals surface area (Å²) in [7, 11) is 0. The number of H-pyrrole nitrogens is 2. The first kappa shape index (κ1) is 20.1. The van der Waals surface area contributed by atoms with Crippen molar-refractivity contribution in [2.24, 2.45) is 5.41 Å². The molecule has 1 aliphatic rings. The van der Waals surface area contributed by atoms with Crippen LogP contribution in [-0.4, -0.2) is 40.0 Å². The van der Waals surface area contributed by atoms with Crippen LogP contribution in [-0.2, 0) is 17.6 Å². The van der Waals surface area contributed by atoms with E-state index in [0.29, 0.717) is 18.6 Å². The molecular formula is C23H32N4O2. The van der Waals surface area contributed by atoms with Crippen LogP contribution in [0.15, 0.2) is 24.3 Å². The topological polar surface area (TPSA) is 86.0 Å². The van der Waals surface area contributed by atoms with Crippen LogP contribution in [0.4, 0.5) is 0 Å². The summed E-state index contributed by atoms with van der Waals surface area (Å²) in [6.07, 6.45) is 3.57. The van der Waals surface area contributed by atoms with Crippen molar-refractivity contribution in [2.45, 2.75) is 52.7 Å². The fourth-order valence-corrected chi connectivity index (χ4v) is 4.15. The van der Waals surface area contributed by atoms with Crippen molar-refractivity contribution in [3.05, 3.63) is 41.1 Å². The lowest BCUT2D eigenvalue weighted by molar-refractivity contribution is 0.0994. The van der Waals surface area contributed by atoms with Gasteiger partial charge in [-0.05, 0) is 54.9 Å². The first-order valence-electron chi connectivity index (χ1n) is 10.7. The maximum Gasteiger partial charge on any atom is 0.131 e. The van der Waals surface area contributed by atoms with Crippen molar-refractivity contribution in [1.29, 1.82) is 0 Å². The fourth-order valence-electron chi connectivity index (χ4n) is 4.15. The third kappa shape index (κ3) is 4.39. The average Bonchev–Trinajstić information content (AvgIpc) is 3.29. The van der Waals surface area contributed by atoms with Crippen LogP contribution in [0.5, 0.6) is 0 Å². The average molecular weight is 397 g/mol. The number of hydrogen-bond acceptors (Lipinski definition) is 4. The molecule has 1 aliphatic carbocycles. The van der Waals surface area contributed by atoms with Gasteiger partial charge < -0.3 is 14.8 Å². The summed E-state index contributed by atoms with van der Waals surface area (Å²) in [5, 5.41) is 22.5. The molecule has 1 atom stereocenters. The molecule has 156 valence electrons. The van der Waals surface area contributed by atoms with Gasteiger partial charge >= 0.3 is 0 Å². The van der Waals surface area contributed by atoms with Crippen molar-refractivity contribution in [1.82, 2.24) is 20.5 Å². The number of ether oxygens (including phenoxy) is 1. The van der Waals surface area contributed by atoms with E-state index in [1.54, 1.807) is 0 Å². The molecular weight excluding hydrogens is 364 g/mol. The smallest absolute Gasteiger partial charge is 0.131 e. The summed E-state index contributed by atoms with van der Waals surface area (Å²) < 4.78 is 5.45. The molecule has 1 unspecified atom stereocenters. The van der Waals surface area contributed by atoms with Crippen molar-refractivity contribution in [2.75, 3.05) is 19.8 Å². The van der Waals surface area contributed by atoms with Gasteiger partial charge in [0.2, 0.25) is 0 Å². The zero-order chi connectivity index (χ0) is 20.4. The number of fused-ring (bicyclic) bond motifs is 2. The lowest BCUT2D eigenvalue weighted by atomic mass is 9.76. The van der Waals surface area contributed by atoms with E-state index >= 15 is 0 Å². The maximum absolute atomic E-state index is 10.4. The van der Waals surface area contributed by atoms with Gasteiger partial charge in [-0.1, -0.05) is 26.8 Å². The van der Waals surface area contributed by atoms with Crippen LogP contribution in [0.2, 0.25) is 0 Å². The minimum Gasteiger partial charge on any atom is -0.380 e. The second-order valence-corrected chi connectivity index (χ2v) is 8.87. The Morgan fingerprint density at radius 2 is 2.14 bits per heavy atom. The molecule has 4 rings (SSSR count). The van der Waals surface area contributed by atoms with Crippen LogP contribution in [0.25, 0.3) is 22.3 Å². The minimum absolute atomic E-state index is 0.330. The highest BCUT2D eigenvalue weighted by Crippen LogP contribution is 2.38. The number of rotatable bonds is 8. The number of aromatic nitrogens is 3. The zero-order valence-corrected chi connectivity index (χ0v) is 17.6. The first-order valence-corrected chi connectivity index (χ1v) is 10.7. The van der Waals surface area contributed by atoms with E-state index in [-0.39, 0.29) is 0 Å². The lowest BCUT2D eigenvalue weighted by Crippen LogP contribution is -2.25. The maximum atomic E-state index is 10.4. The Labute approximate surface area is 172 Å². The van der Waals surface area contributed by atoms with Gasteiger partial charge in [-0.3, -0.25) is 10.4 Å². The van der Waals surface area contributed by atoms with Crippen LogP contribution >= 0.6 is 0 Å². The van der Waals surface area contributed by atoms with E-state index in [0.717, 1.165) is 53.7 Å². The van der Waals surface area contributed by atoms with Crippen LogP contribution < -0.4 is 5.32 Å². The second kappa shape index (κ2) is 8.30. The van der Waals surface area contributed by atoms with Crippen molar-refractivity contribution >= 4 is 10.9 Å². The van der Waals surface area contributed by atoms with Crippen LogP contribution in [0, 0.1) is 5.41 Å². The molecule has 6 heteroatoms. The molecule has 0 saturated heterocycles.